The molecule has 1 amide bonds. The molecule has 1 aliphatic heterocycles. The maximum atomic E-state index is 12.4. The molecule has 1 aliphatic rings. The van der Waals surface area contributed by atoms with Gasteiger partial charge in [0.15, 0.2) is 0 Å². The molecule has 1 atom stereocenters. The number of halogens is 2. The van der Waals surface area contributed by atoms with E-state index in [0.29, 0.717) is 16.6 Å². The van der Waals surface area contributed by atoms with Crippen LogP contribution in [0.2, 0.25) is 10.0 Å². The standard InChI is InChI=1S/C16H22Cl2N2O3S/c1-12-4-3-8-19(11-12)16(21)7-9-20(24(2,22)23)15-10-13(17)5-6-14(15)18/h5-6,10,12H,3-4,7-9,11H2,1-2H3. The third kappa shape index (κ3) is 5.01. The first-order valence-electron chi connectivity index (χ1n) is 7.89. The minimum Gasteiger partial charge on any atom is -0.342 e. The lowest BCUT2D eigenvalue weighted by Gasteiger charge is -2.32. The molecular weight excluding hydrogens is 371 g/mol. The highest BCUT2D eigenvalue weighted by Crippen LogP contribution is 2.31. The number of carbonyl (C=O) groups excluding carboxylic acids is 1. The molecule has 1 aromatic carbocycles. The molecule has 0 N–H and O–H groups in total. The molecule has 134 valence electrons. The highest BCUT2D eigenvalue weighted by atomic mass is 35.5. The fourth-order valence-corrected chi connectivity index (χ4v) is 4.28. The topological polar surface area (TPSA) is 57.7 Å². The van der Waals surface area contributed by atoms with Crippen LogP contribution in [0.5, 0.6) is 0 Å². The van der Waals surface area contributed by atoms with Gasteiger partial charge in [0.25, 0.3) is 0 Å². The van der Waals surface area contributed by atoms with Crippen molar-refractivity contribution < 1.29 is 13.2 Å². The van der Waals surface area contributed by atoms with Gasteiger partial charge in [0, 0.05) is 31.1 Å². The van der Waals surface area contributed by atoms with Gasteiger partial charge in [0.2, 0.25) is 15.9 Å². The highest BCUT2D eigenvalue weighted by Gasteiger charge is 2.25. The molecule has 1 unspecified atom stereocenters. The minimum atomic E-state index is -3.57. The Balaban J connectivity index is 2.13. The Labute approximate surface area is 153 Å². The van der Waals surface area contributed by atoms with E-state index < -0.39 is 10.0 Å². The number of hydrogen-bond acceptors (Lipinski definition) is 3. The van der Waals surface area contributed by atoms with Gasteiger partial charge in [-0.25, -0.2) is 8.42 Å². The Morgan fingerprint density at radius 2 is 2.08 bits per heavy atom. The molecule has 2 rings (SSSR count). The fraction of sp³-hybridized carbons (Fsp3) is 0.562. The molecule has 1 fully saturated rings. The van der Waals surface area contributed by atoms with Crippen LogP contribution in [0, 0.1) is 5.92 Å². The highest BCUT2D eigenvalue weighted by molar-refractivity contribution is 7.92. The summed E-state index contributed by atoms with van der Waals surface area (Å²) in [6.07, 6.45) is 3.32. The van der Waals surface area contributed by atoms with E-state index in [4.69, 9.17) is 23.2 Å². The minimum absolute atomic E-state index is 0.0339. The first-order valence-corrected chi connectivity index (χ1v) is 10.5. The molecule has 1 heterocycles. The van der Waals surface area contributed by atoms with Gasteiger partial charge in [-0.2, -0.15) is 0 Å². The van der Waals surface area contributed by atoms with Gasteiger partial charge in [-0.05, 0) is 37.0 Å². The second kappa shape index (κ2) is 7.93. The van der Waals surface area contributed by atoms with Crippen molar-refractivity contribution in [3.8, 4) is 0 Å². The molecule has 1 aromatic rings. The van der Waals surface area contributed by atoms with Crippen LogP contribution in [0.4, 0.5) is 5.69 Å². The predicted molar refractivity (Wildman–Crippen MR) is 98.2 cm³/mol. The number of likely N-dealkylation sites (tertiary alicyclic amines) is 1. The number of carbonyl (C=O) groups is 1. The van der Waals surface area contributed by atoms with E-state index in [-0.39, 0.29) is 23.9 Å². The Bertz CT molecular complexity index is 709. The summed E-state index contributed by atoms with van der Waals surface area (Å²) in [7, 11) is -3.57. The van der Waals surface area contributed by atoms with Crippen molar-refractivity contribution in [2.75, 3.05) is 30.2 Å². The van der Waals surface area contributed by atoms with Crippen LogP contribution in [-0.4, -0.2) is 45.1 Å². The van der Waals surface area contributed by atoms with Gasteiger partial charge in [0.1, 0.15) is 0 Å². The second-order valence-corrected chi connectivity index (χ2v) is 9.02. The SMILES string of the molecule is CC1CCCN(C(=O)CCN(c2cc(Cl)ccc2Cl)S(C)(=O)=O)C1. The van der Waals surface area contributed by atoms with Crippen molar-refractivity contribution in [2.24, 2.45) is 5.92 Å². The average Bonchev–Trinajstić information content (AvgIpc) is 2.49. The zero-order valence-electron chi connectivity index (χ0n) is 13.8. The Kier molecular flexibility index (Phi) is 6.39. The van der Waals surface area contributed by atoms with Crippen LogP contribution < -0.4 is 4.31 Å². The smallest absolute Gasteiger partial charge is 0.232 e. The van der Waals surface area contributed by atoms with Gasteiger partial charge in [-0.15, -0.1) is 0 Å². The normalized spacial score (nSPS) is 18.5. The second-order valence-electron chi connectivity index (χ2n) is 6.27. The molecular formula is C16H22Cl2N2O3S. The van der Waals surface area contributed by atoms with Crippen molar-refractivity contribution in [3.05, 3.63) is 28.2 Å². The molecule has 0 saturated carbocycles. The van der Waals surface area contributed by atoms with E-state index in [1.54, 1.807) is 12.1 Å². The lowest BCUT2D eigenvalue weighted by Crippen LogP contribution is -2.41. The van der Waals surface area contributed by atoms with E-state index in [2.05, 4.69) is 6.92 Å². The number of rotatable bonds is 5. The van der Waals surface area contributed by atoms with Crippen LogP contribution in [0.3, 0.4) is 0 Å². The molecule has 0 spiro atoms. The fourth-order valence-electron chi connectivity index (χ4n) is 2.91. The van der Waals surface area contributed by atoms with E-state index in [1.807, 2.05) is 4.90 Å². The first kappa shape index (κ1) is 19.3. The van der Waals surface area contributed by atoms with Gasteiger partial charge in [-0.1, -0.05) is 30.1 Å². The van der Waals surface area contributed by atoms with Gasteiger partial charge < -0.3 is 4.90 Å². The Hall–Kier alpha value is -0.980. The van der Waals surface area contributed by atoms with Gasteiger partial charge in [-0.3, -0.25) is 9.10 Å². The number of nitrogens with zero attached hydrogens (tertiary/aromatic N) is 2. The molecule has 0 aliphatic carbocycles. The summed E-state index contributed by atoms with van der Waals surface area (Å²) >= 11 is 12.1. The molecule has 1 saturated heterocycles. The van der Waals surface area contributed by atoms with E-state index in [1.165, 1.54) is 6.07 Å². The third-order valence-electron chi connectivity index (χ3n) is 4.12. The largest absolute Gasteiger partial charge is 0.342 e. The van der Waals surface area contributed by atoms with E-state index >= 15 is 0 Å². The van der Waals surface area contributed by atoms with Crippen molar-refractivity contribution in [3.63, 3.8) is 0 Å². The molecule has 0 aromatic heterocycles. The van der Waals surface area contributed by atoms with Crippen molar-refractivity contribution in [2.45, 2.75) is 26.2 Å². The summed E-state index contributed by atoms with van der Waals surface area (Å²) in [4.78, 5) is 14.2. The lowest BCUT2D eigenvalue weighted by atomic mass is 10.00. The molecule has 0 radical (unpaired) electrons. The predicted octanol–water partition coefficient (Wildman–Crippen LogP) is 3.41. The molecule has 8 heteroatoms. The lowest BCUT2D eigenvalue weighted by molar-refractivity contribution is -0.132. The van der Waals surface area contributed by atoms with Gasteiger partial charge >= 0.3 is 0 Å². The quantitative estimate of drug-likeness (QED) is 0.771. The van der Waals surface area contributed by atoms with Crippen molar-refractivity contribution in [1.82, 2.24) is 4.90 Å². The van der Waals surface area contributed by atoms with Gasteiger partial charge in [0.05, 0.1) is 17.0 Å². The van der Waals surface area contributed by atoms with E-state index in [9.17, 15) is 13.2 Å². The molecule has 5 nitrogen and oxygen atoms in total. The summed E-state index contributed by atoms with van der Waals surface area (Å²) in [5.74, 6) is 0.449. The Morgan fingerprint density at radius 1 is 1.38 bits per heavy atom. The number of anilines is 1. The first-order chi connectivity index (χ1) is 11.2. The molecule has 24 heavy (non-hydrogen) atoms. The summed E-state index contributed by atoms with van der Waals surface area (Å²) in [6, 6.07) is 4.64. The third-order valence-corrected chi connectivity index (χ3v) is 5.85. The zero-order chi connectivity index (χ0) is 17.9. The monoisotopic (exact) mass is 392 g/mol. The number of benzene rings is 1. The molecule has 0 bridgehead atoms. The summed E-state index contributed by atoms with van der Waals surface area (Å²) in [6.45, 7) is 3.63. The maximum absolute atomic E-state index is 12.4. The van der Waals surface area contributed by atoms with E-state index in [0.717, 1.165) is 36.5 Å². The zero-order valence-corrected chi connectivity index (χ0v) is 16.2. The maximum Gasteiger partial charge on any atom is 0.232 e. The average molecular weight is 393 g/mol. The van der Waals surface area contributed by atoms with Crippen molar-refractivity contribution in [1.29, 1.82) is 0 Å². The number of piperidine rings is 1. The summed E-state index contributed by atoms with van der Waals surface area (Å²) < 4.78 is 25.4. The number of sulfonamides is 1. The van der Waals surface area contributed by atoms with Crippen LogP contribution in [0.1, 0.15) is 26.2 Å². The van der Waals surface area contributed by atoms with Crippen LogP contribution in [0.15, 0.2) is 18.2 Å². The Morgan fingerprint density at radius 3 is 2.71 bits per heavy atom. The van der Waals surface area contributed by atoms with Crippen LogP contribution >= 0.6 is 23.2 Å². The summed E-state index contributed by atoms with van der Waals surface area (Å²) in [5.41, 5.74) is 0.298. The number of amides is 1. The van der Waals surface area contributed by atoms with Crippen LogP contribution in [0.25, 0.3) is 0 Å². The van der Waals surface area contributed by atoms with Crippen molar-refractivity contribution >= 4 is 44.8 Å². The van der Waals surface area contributed by atoms with Crippen LogP contribution in [-0.2, 0) is 14.8 Å². The summed E-state index contributed by atoms with van der Waals surface area (Å²) in [5, 5.41) is 0.670. The number of hydrogen-bond donors (Lipinski definition) is 0.